The molecule has 0 aliphatic carbocycles. The zero-order valence-electron chi connectivity index (χ0n) is 11.3. The Kier molecular flexibility index (Phi) is 4.95. The third-order valence-corrected chi connectivity index (χ3v) is 3.16. The van der Waals surface area contributed by atoms with E-state index in [4.69, 9.17) is 16.3 Å². The van der Waals surface area contributed by atoms with Crippen molar-refractivity contribution in [1.29, 1.82) is 0 Å². The first-order chi connectivity index (χ1) is 10.1. The van der Waals surface area contributed by atoms with E-state index >= 15 is 0 Å². The Labute approximate surface area is 127 Å². The molecular weight excluding hydrogens is 293 g/mol. The second kappa shape index (κ2) is 6.90. The number of anilines is 1. The highest BCUT2D eigenvalue weighted by atomic mass is 35.5. The van der Waals surface area contributed by atoms with Gasteiger partial charge in [-0.05, 0) is 29.8 Å². The second-order valence-corrected chi connectivity index (χ2v) is 4.54. The fraction of sp³-hybridized carbons (Fsp3) is 0.0625. The number of carbonyl (C=O) groups is 1. The maximum Gasteiger partial charge on any atom is 0.248 e. The summed E-state index contributed by atoms with van der Waals surface area (Å²) in [4.78, 5) is 11.8. The fourth-order valence-electron chi connectivity index (χ4n) is 1.72. The maximum absolute atomic E-state index is 13.4. The van der Waals surface area contributed by atoms with Gasteiger partial charge < -0.3 is 10.1 Å². The van der Waals surface area contributed by atoms with Crippen molar-refractivity contribution in [1.82, 2.24) is 0 Å². The quantitative estimate of drug-likeness (QED) is 0.862. The van der Waals surface area contributed by atoms with Crippen LogP contribution in [0.3, 0.4) is 0 Å². The number of amides is 1. The van der Waals surface area contributed by atoms with Crippen LogP contribution >= 0.6 is 11.6 Å². The minimum atomic E-state index is -0.487. The SMILES string of the molecule is COc1cccc(/C=C/C(=O)Nc2ccccc2F)c1Cl. The van der Waals surface area contributed by atoms with E-state index in [-0.39, 0.29) is 5.69 Å². The van der Waals surface area contributed by atoms with E-state index in [1.807, 2.05) is 0 Å². The molecule has 0 saturated carbocycles. The molecule has 0 heterocycles. The van der Waals surface area contributed by atoms with E-state index in [1.54, 1.807) is 36.4 Å². The van der Waals surface area contributed by atoms with Gasteiger partial charge in [0.15, 0.2) is 0 Å². The number of hydrogen-bond acceptors (Lipinski definition) is 2. The van der Waals surface area contributed by atoms with Crippen molar-refractivity contribution >= 4 is 29.3 Å². The van der Waals surface area contributed by atoms with Gasteiger partial charge in [-0.3, -0.25) is 4.79 Å². The van der Waals surface area contributed by atoms with Crippen LogP contribution < -0.4 is 10.1 Å². The monoisotopic (exact) mass is 305 g/mol. The number of methoxy groups -OCH3 is 1. The molecule has 1 N–H and O–H groups in total. The Morgan fingerprint density at radius 3 is 2.71 bits per heavy atom. The van der Waals surface area contributed by atoms with Gasteiger partial charge in [-0.2, -0.15) is 0 Å². The number of hydrogen-bond donors (Lipinski definition) is 1. The lowest BCUT2D eigenvalue weighted by Gasteiger charge is -2.05. The summed E-state index contributed by atoms with van der Waals surface area (Å²) < 4.78 is 18.5. The zero-order valence-corrected chi connectivity index (χ0v) is 12.0. The van der Waals surface area contributed by atoms with Crippen molar-refractivity contribution in [2.24, 2.45) is 0 Å². The molecule has 0 spiro atoms. The first-order valence-electron chi connectivity index (χ1n) is 6.18. The summed E-state index contributed by atoms with van der Waals surface area (Å²) in [7, 11) is 1.51. The Balaban J connectivity index is 2.11. The first kappa shape index (κ1) is 15.1. The van der Waals surface area contributed by atoms with Gasteiger partial charge in [-0.15, -0.1) is 0 Å². The molecule has 2 aromatic carbocycles. The molecule has 108 valence electrons. The Morgan fingerprint density at radius 1 is 1.24 bits per heavy atom. The molecule has 0 fully saturated rings. The average Bonchev–Trinajstić information content (AvgIpc) is 2.48. The van der Waals surface area contributed by atoms with Crippen molar-refractivity contribution < 1.29 is 13.9 Å². The van der Waals surface area contributed by atoms with Crippen molar-refractivity contribution in [2.45, 2.75) is 0 Å². The largest absolute Gasteiger partial charge is 0.495 e. The number of nitrogens with one attached hydrogen (secondary N) is 1. The third-order valence-electron chi connectivity index (χ3n) is 2.76. The topological polar surface area (TPSA) is 38.3 Å². The lowest BCUT2D eigenvalue weighted by Crippen LogP contribution is -2.09. The van der Waals surface area contributed by atoms with Crippen LogP contribution in [0.4, 0.5) is 10.1 Å². The van der Waals surface area contributed by atoms with Gasteiger partial charge in [-0.25, -0.2) is 4.39 Å². The number of ether oxygens (including phenoxy) is 1. The summed E-state index contributed by atoms with van der Waals surface area (Å²) in [5.41, 5.74) is 0.767. The van der Waals surface area contributed by atoms with Crippen molar-refractivity contribution in [3.63, 3.8) is 0 Å². The molecule has 21 heavy (non-hydrogen) atoms. The van der Waals surface area contributed by atoms with E-state index < -0.39 is 11.7 Å². The van der Waals surface area contributed by atoms with Gasteiger partial charge in [0.2, 0.25) is 5.91 Å². The van der Waals surface area contributed by atoms with Gasteiger partial charge in [0, 0.05) is 6.08 Å². The van der Waals surface area contributed by atoms with Crippen LogP contribution in [0.1, 0.15) is 5.56 Å². The predicted molar refractivity (Wildman–Crippen MR) is 82.1 cm³/mol. The minimum absolute atomic E-state index is 0.129. The molecule has 0 bridgehead atoms. The van der Waals surface area contributed by atoms with Gasteiger partial charge in [0.05, 0.1) is 17.8 Å². The van der Waals surface area contributed by atoms with E-state index in [0.29, 0.717) is 16.3 Å². The normalized spacial score (nSPS) is 10.6. The molecule has 0 aliphatic heterocycles. The number of rotatable bonds is 4. The van der Waals surface area contributed by atoms with Gasteiger partial charge in [0.25, 0.3) is 0 Å². The van der Waals surface area contributed by atoms with Crippen molar-refractivity contribution in [2.75, 3.05) is 12.4 Å². The number of benzene rings is 2. The minimum Gasteiger partial charge on any atom is -0.495 e. The molecule has 0 unspecified atom stereocenters. The zero-order chi connectivity index (χ0) is 15.2. The molecule has 0 radical (unpaired) electrons. The molecule has 5 heteroatoms. The van der Waals surface area contributed by atoms with E-state index in [9.17, 15) is 9.18 Å². The molecular formula is C16H13ClFNO2. The van der Waals surface area contributed by atoms with Crippen molar-refractivity contribution in [3.05, 3.63) is 64.9 Å². The van der Waals surface area contributed by atoms with Crippen LogP contribution in [0.5, 0.6) is 5.75 Å². The summed E-state index contributed by atoms with van der Waals surface area (Å²) in [6.07, 6.45) is 2.83. The summed E-state index contributed by atoms with van der Waals surface area (Å²) in [5, 5.41) is 2.87. The van der Waals surface area contributed by atoms with E-state index in [0.717, 1.165) is 0 Å². The number of halogens is 2. The van der Waals surface area contributed by atoms with Crippen LogP contribution in [0.25, 0.3) is 6.08 Å². The summed E-state index contributed by atoms with van der Waals surface area (Å²) in [6, 6.07) is 11.2. The Hall–Kier alpha value is -2.33. The molecule has 0 aromatic heterocycles. The predicted octanol–water partition coefficient (Wildman–Crippen LogP) is 4.14. The van der Waals surface area contributed by atoms with Crippen LogP contribution in [-0.4, -0.2) is 13.0 Å². The molecule has 2 aromatic rings. The molecule has 3 nitrogen and oxygen atoms in total. The smallest absolute Gasteiger partial charge is 0.248 e. The van der Waals surface area contributed by atoms with Gasteiger partial charge in [-0.1, -0.05) is 35.9 Å². The Bertz CT molecular complexity index is 686. The lowest BCUT2D eigenvalue weighted by molar-refractivity contribution is -0.111. The Morgan fingerprint density at radius 2 is 2.00 bits per heavy atom. The lowest BCUT2D eigenvalue weighted by atomic mass is 10.2. The summed E-state index contributed by atoms with van der Waals surface area (Å²) in [6.45, 7) is 0. The molecule has 2 rings (SSSR count). The third kappa shape index (κ3) is 3.83. The van der Waals surface area contributed by atoms with E-state index in [1.165, 1.54) is 25.3 Å². The van der Waals surface area contributed by atoms with Crippen LogP contribution in [0, 0.1) is 5.82 Å². The highest BCUT2D eigenvalue weighted by Crippen LogP contribution is 2.28. The van der Waals surface area contributed by atoms with Crippen LogP contribution in [0.2, 0.25) is 5.02 Å². The summed E-state index contributed by atoms with van der Waals surface area (Å²) in [5.74, 6) is -0.411. The highest BCUT2D eigenvalue weighted by Gasteiger charge is 2.05. The van der Waals surface area contributed by atoms with Gasteiger partial charge in [0.1, 0.15) is 11.6 Å². The standard InChI is InChI=1S/C16H13ClFNO2/c1-21-14-8-4-5-11(16(14)17)9-10-15(20)19-13-7-3-2-6-12(13)18/h2-10H,1H3,(H,19,20)/b10-9+. The fourth-order valence-corrected chi connectivity index (χ4v) is 1.98. The molecule has 1 amide bonds. The molecule has 0 atom stereocenters. The second-order valence-electron chi connectivity index (χ2n) is 4.17. The number of para-hydroxylation sites is 1. The molecule has 0 aliphatic rings. The first-order valence-corrected chi connectivity index (χ1v) is 6.55. The van der Waals surface area contributed by atoms with Crippen LogP contribution in [0.15, 0.2) is 48.5 Å². The number of carbonyl (C=O) groups excluding carboxylic acids is 1. The average molecular weight is 306 g/mol. The van der Waals surface area contributed by atoms with Crippen molar-refractivity contribution in [3.8, 4) is 5.75 Å². The highest BCUT2D eigenvalue weighted by molar-refractivity contribution is 6.33. The van der Waals surface area contributed by atoms with Gasteiger partial charge >= 0.3 is 0 Å². The maximum atomic E-state index is 13.4. The van der Waals surface area contributed by atoms with Crippen LogP contribution in [-0.2, 0) is 4.79 Å². The summed E-state index contributed by atoms with van der Waals surface area (Å²) >= 11 is 6.11. The molecule has 0 saturated heterocycles. The van der Waals surface area contributed by atoms with E-state index in [2.05, 4.69) is 5.32 Å².